The van der Waals surface area contributed by atoms with E-state index in [9.17, 15) is 9.59 Å². The van der Waals surface area contributed by atoms with E-state index < -0.39 is 0 Å². The lowest BCUT2D eigenvalue weighted by atomic mass is 10.1. The second-order valence-electron chi connectivity index (χ2n) is 4.87. The maximum Gasteiger partial charge on any atom is 0.409 e. The lowest BCUT2D eigenvalue weighted by Crippen LogP contribution is -2.46. The highest BCUT2D eigenvalue weighted by molar-refractivity contribution is 5.93. The Hall–Kier alpha value is -1.98. The molecule has 110 valence electrons. The molecule has 6 nitrogen and oxygen atoms in total. The molecule has 2 heterocycles. The van der Waals surface area contributed by atoms with E-state index in [1.165, 1.54) is 6.26 Å². The van der Waals surface area contributed by atoms with Crippen LogP contribution in [-0.4, -0.2) is 42.6 Å². The van der Waals surface area contributed by atoms with Crippen molar-refractivity contribution in [3.8, 4) is 0 Å². The van der Waals surface area contributed by atoms with E-state index in [1.807, 2.05) is 6.92 Å². The average molecular weight is 280 g/mol. The molecule has 0 unspecified atom stereocenters. The topological polar surface area (TPSA) is 71.8 Å². The largest absolute Gasteiger partial charge is 0.459 e. The number of likely N-dealkylation sites (tertiary alicyclic amines) is 1. The van der Waals surface area contributed by atoms with Crippen molar-refractivity contribution in [2.45, 2.75) is 32.7 Å². The quantitative estimate of drug-likeness (QED) is 0.918. The van der Waals surface area contributed by atoms with Crippen molar-refractivity contribution in [2.75, 3.05) is 19.7 Å². The number of nitrogens with one attached hydrogen (secondary N) is 1. The number of carbonyl (C=O) groups is 2. The van der Waals surface area contributed by atoms with E-state index in [2.05, 4.69) is 5.32 Å². The number of hydrogen-bond acceptors (Lipinski definition) is 4. The zero-order chi connectivity index (χ0) is 14.5. The lowest BCUT2D eigenvalue weighted by Gasteiger charge is -2.31. The maximum absolute atomic E-state index is 12.0. The van der Waals surface area contributed by atoms with Crippen LogP contribution in [0.15, 0.2) is 16.7 Å². The molecule has 1 N–H and O–H groups in total. The third-order valence-corrected chi connectivity index (χ3v) is 3.42. The summed E-state index contributed by atoms with van der Waals surface area (Å²) in [5.74, 6) is 0.167. The van der Waals surface area contributed by atoms with Crippen LogP contribution in [0, 0.1) is 6.92 Å². The van der Waals surface area contributed by atoms with Crippen LogP contribution in [0.25, 0.3) is 0 Å². The molecule has 1 aromatic heterocycles. The molecule has 0 aromatic carbocycles. The van der Waals surface area contributed by atoms with Gasteiger partial charge in [-0.05, 0) is 32.8 Å². The van der Waals surface area contributed by atoms with Gasteiger partial charge in [0.2, 0.25) is 0 Å². The fourth-order valence-corrected chi connectivity index (χ4v) is 2.28. The number of hydrogen-bond donors (Lipinski definition) is 1. The fraction of sp³-hybridized carbons (Fsp3) is 0.571. The van der Waals surface area contributed by atoms with Crippen molar-refractivity contribution in [1.82, 2.24) is 10.2 Å². The summed E-state index contributed by atoms with van der Waals surface area (Å²) in [6.45, 7) is 5.20. The molecular weight excluding hydrogens is 260 g/mol. The van der Waals surface area contributed by atoms with Gasteiger partial charge < -0.3 is 19.4 Å². The highest BCUT2D eigenvalue weighted by Crippen LogP contribution is 2.14. The SMILES string of the molecule is CCOC(=O)N1CCC(NC(=O)c2occc2C)CC1. The molecule has 0 saturated carbocycles. The maximum atomic E-state index is 12.0. The highest BCUT2D eigenvalue weighted by Gasteiger charge is 2.25. The number of piperidine rings is 1. The van der Waals surface area contributed by atoms with Gasteiger partial charge in [0.25, 0.3) is 5.91 Å². The molecule has 0 bridgehead atoms. The van der Waals surface area contributed by atoms with Crippen molar-refractivity contribution in [1.29, 1.82) is 0 Å². The summed E-state index contributed by atoms with van der Waals surface area (Å²) in [5.41, 5.74) is 0.825. The highest BCUT2D eigenvalue weighted by atomic mass is 16.6. The summed E-state index contributed by atoms with van der Waals surface area (Å²) in [6.07, 6.45) is 2.68. The van der Waals surface area contributed by atoms with E-state index in [0.29, 0.717) is 25.5 Å². The molecule has 1 aliphatic rings. The minimum atomic E-state index is -0.279. The van der Waals surface area contributed by atoms with E-state index in [-0.39, 0.29) is 18.0 Å². The van der Waals surface area contributed by atoms with Crippen molar-refractivity contribution in [2.24, 2.45) is 0 Å². The molecule has 1 fully saturated rings. The Bertz CT molecular complexity index is 475. The first kappa shape index (κ1) is 14.4. The number of carbonyl (C=O) groups excluding carboxylic acids is 2. The minimum absolute atomic E-state index is 0.0673. The fourth-order valence-electron chi connectivity index (χ4n) is 2.28. The first-order chi connectivity index (χ1) is 9.61. The molecular formula is C14H20N2O4. The molecule has 0 radical (unpaired) electrons. The Morgan fingerprint density at radius 2 is 2.15 bits per heavy atom. The van der Waals surface area contributed by atoms with E-state index in [0.717, 1.165) is 18.4 Å². The van der Waals surface area contributed by atoms with Gasteiger partial charge in [0, 0.05) is 24.7 Å². The van der Waals surface area contributed by atoms with Gasteiger partial charge >= 0.3 is 6.09 Å². The van der Waals surface area contributed by atoms with Gasteiger partial charge in [-0.15, -0.1) is 0 Å². The monoisotopic (exact) mass is 280 g/mol. The van der Waals surface area contributed by atoms with Crippen LogP contribution in [0.4, 0.5) is 4.79 Å². The second-order valence-corrected chi connectivity index (χ2v) is 4.87. The number of furan rings is 1. The third kappa shape index (κ3) is 3.31. The second kappa shape index (κ2) is 6.45. The molecule has 1 aromatic rings. The van der Waals surface area contributed by atoms with Gasteiger partial charge in [-0.2, -0.15) is 0 Å². The van der Waals surface area contributed by atoms with Gasteiger partial charge in [-0.1, -0.05) is 0 Å². The number of nitrogens with zero attached hydrogens (tertiary/aromatic N) is 1. The summed E-state index contributed by atoms with van der Waals surface area (Å²) in [6, 6.07) is 1.83. The Morgan fingerprint density at radius 3 is 2.70 bits per heavy atom. The Balaban J connectivity index is 1.81. The number of rotatable bonds is 3. The Kier molecular flexibility index (Phi) is 4.65. The molecule has 2 rings (SSSR count). The van der Waals surface area contributed by atoms with Crippen molar-refractivity contribution >= 4 is 12.0 Å². The van der Waals surface area contributed by atoms with Gasteiger partial charge in [0.1, 0.15) is 0 Å². The normalized spacial score (nSPS) is 16.0. The number of ether oxygens (including phenoxy) is 1. The predicted molar refractivity (Wildman–Crippen MR) is 72.5 cm³/mol. The minimum Gasteiger partial charge on any atom is -0.459 e. The van der Waals surface area contributed by atoms with E-state index >= 15 is 0 Å². The van der Waals surface area contributed by atoms with Crippen LogP contribution in [0.1, 0.15) is 35.9 Å². The average Bonchev–Trinajstić information content (AvgIpc) is 2.86. The van der Waals surface area contributed by atoms with Crippen molar-refractivity contribution in [3.63, 3.8) is 0 Å². The van der Waals surface area contributed by atoms with Gasteiger partial charge in [-0.25, -0.2) is 4.79 Å². The third-order valence-electron chi connectivity index (χ3n) is 3.42. The summed E-state index contributed by atoms with van der Waals surface area (Å²) in [5, 5.41) is 2.94. The molecule has 0 atom stereocenters. The van der Waals surface area contributed by atoms with Gasteiger partial charge in [0.15, 0.2) is 5.76 Å². The molecule has 1 saturated heterocycles. The number of aryl methyl sites for hydroxylation is 1. The lowest BCUT2D eigenvalue weighted by molar-refractivity contribution is 0.0840. The summed E-state index contributed by atoms with van der Waals surface area (Å²) in [4.78, 5) is 25.2. The summed E-state index contributed by atoms with van der Waals surface area (Å²) in [7, 11) is 0. The van der Waals surface area contributed by atoms with E-state index in [4.69, 9.17) is 9.15 Å². The Labute approximate surface area is 118 Å². The first-order valence-corrected chi connectivity index (χ1v) is 6.88. The first-order valence-electron chi connectivity index (χ1n) is 6.88. The Morgan fingerprint density at radius 1 is 1.45 bits per heavy atom. The van der Waals surface area contributed by atoms with Gasteiger partial charge in [0.05, 0.1) is 12.9 Å². The zero-order valence-electron chi connectivity index (χ0n) is 11.8. The summed E-state index contributed by atoms with van der Waals surface area (Å²) >= 11 is 0. The molecule has 6 heteroatoms. The van der Waals surface area contributed by atoms with Crippen LogP contribution < -0.4 is 5.32 Å². The van der Waals surface area contributed by atoms with Crippen LogP contribution in [0.5, 0.6) is 0 Å². The van der Waals surface area contributed by atoms with Gasteiger partial charge in [-0.3, -0.25) is 4.79 Å². The van der Waals surface area contributed by atoms with Crippen LogP contribution in [0.2, 0.25) is 0 Å². The van der Waals surface area contributed by atoms with Crippen molar-refractivity contribution < 1.29 is 18.7 Å². The van der Waals surface area contributed by atoms with E-state index in [1.54, 1.807) is 17.9 Å². The molecule has 2 amide bonds. The standard InChI is InChI=1S/C14H20N2O4/c1-3-19-14(18)16-7-4-11(5-8-16)15-13(17)12-10(2)6-9-20-12/h6,9,11H,3-5,7-8H2,1-2H3,(H,15,17). The van der Waals surface area contributed by atoms with Crippen LogP contribution >= 0.6 is 0 Å². The summed E-state index contributed by atoms with van der Waals surface area (Å²) < 4.78 is 10.1. The smallest absolute Gasteiger partial charge is 0.409 e. The van der Waals surface area contributed by atoms with Crippen LogP contribution in [0.3, 0.4) is 0 Å². The molecule has 0 aliphatic carbocycles. The number of amides is 2. The molecule has 1 aliphatic heterocycles. The van der Waals surface area contributed by atoms with Crippen LogP contribution in [-0.2, 0) is 4.74 Å². The zero-order valence-corrected chi connectivity index (χ0v) is 11.8. The van der Waals surface area contributed by atoms with Crippen molar-refractivity contribution in [3.05, 3.63) is 23.7 Å². The predicted octanol–water partition coefficient (Wildman–Crippen LogP) is 1.94. The molecule has 0 spiro atoms. The molecule has 20 heavy (non-hydrogen) atoms.